The number of carboxylic acid groups (broad SMARTS) is 1. The number of aliphatic carboxylic acids is 1. The minimum absolute atomic E-state index is 0.0193. The minimum atomic E-state index is -4.74. The van der Waals surface area contributed by atoms with Crippen LogP contribution in [-0.2, 0) is 45.7 Å². The largest absolute Gasteiger partial charge is 0.489 e. The average Bonchev–Trinajstić information content (AvgIpc) is 3.02. The molecule has 3 aromatic rings. The topological polar surface area (TPSA) is 173 Å². The maximum Gasteiger partial charge on any atom is 0.472 e. The van der Waals surface area contributed by atoms with Gasteiger partial charge < -0.3 is 34.7 Å². The molecule has 0 fully saturated rings. The second-order valence-corrected chi connectivity index (χ2v) is 10.8. The number of nitrogens with two attached hydrogens (primary N) is 1. The van der Waals surface area contributed by atoms with E-state index < -0.39 is 44.6 Å². The Morgan fingerprint density at radius 1 is 1.00 bits per heavy atom. The Balaban J connectivity index is 1.50. The quantitative estimate of drug-likeness (QED) is 0.0953. The van der Waals surface area contributed by atoms with Crippen LogP contribution in [0.25, 0.3) is 0 Å². The Labute approximate surface area is 255 Å². The third kappa shape index (κ3) is 11.6. The smallest absolute Gasteiger partial charge is 0.472 e. The van der Waals surface area contributed by atoms with Crippen LogP contribution in [0.15, 0.2) is 91.5 Å². The van der Waals surface area contributed by atoms with Crippen molar-refractivity contribution in [3.63, 3.8) is 0 Å². The number of phosphoric ester groups is 1. The summed E-state index contributed by atoms with van der Waals surface area (Å²) in [5, 5.41) is 8.80. The first kappa shape index (κ1) is 34.5. The van der Waals surface area contributed by atoms with Crippen LogP contribution in [0.5, 0.6) is 17.2 Å². The lowest BCUT2D eigenvalue weighted by atomic mass is 10.1. The zero-order valence-corrected chi connectivity index (χ0v) is 25.0. The zero-order valence-electron chi connectivity index (χ0n) is 24.2. The molecule has 3 unspecified atom stereocenters. The van der Waals surface area contributed by atoms with Gasteiger partial charge in [-0.1, -0.05) is 54.6 Å². The van der Waals surface area contributed by atoms with Gasteiger partial charge in [0.1, 0.15) is 48.7 Å². The summed E-state index contributed by atoms with van der Waals surface area (Å²) < 4.78 is 44.4. The first-order chi connectivity index (χ1) is 21.1. The monoisotopic (exact) mass is 629 g/mol. The van der Waals surface area contributed by atoms with Gasteiger partial charge in [-0.2, -0.15) is 0 Å². The predicted octanol–water partition coefficient (Wildman–Crippen LogP) is 4.65. The van der Waals surface area contributed by atoms with Crippen LogP contribution in [-0.4, -0.2) is 60.5 Å². The molecule has 12 nitrogen and oxygen atoms in total. The molecule has 0 amide bonds. The fraction of sp³-hybridized carbons (Fsp3) is 0.290. The number of hydrogen-bond acceptors (Lipinski definition) is 10. The number of rotatable bonds is 19. The van der Waals surface area contributed by atoms with Gasteiger partial charge in [-0.15, -0.1) is 6.58 Å². The molecule has 236 valence electrons. The molecule has 13 heteroatoms. The van der Waals surface area contributed by atoms with Crippen molar-refractivity contribution < 1.29 is 52.1 Å². The lowest BCUT2D eigenvalue weighted by molar-refractivity contribution is -0.149. The minimum Gasteiger partial charge on any atom is -0.489 e. The third-order valence-electron chi connectivity index (χ3n) is 6.14. The molecule has 0 radical (unpaired) electrons. The number of phosphoric acid groups is 1. The van der Waals surface area contributed by atoms with Crippen LogP contribution in [0, 0.1) is 0 Å². The van der Waals surface area contributed by atoms with Gasteiger partial charge >= 0.3 is 19.8 Å². The maximum atomic E-state index is 12.6. The van der Waals surface area contributed by atoms with E-state index in [-0.39, 0.29) is 19.6 Å². The Hall–Kier alpha value is -4.03. The number of carbonyl (C=O) groups is 2. The molecular formula is C31H36NO11P. The Bertz CT molecular complexity index is 1420. The summed E-state index contributed by atoms with van der Waals surface area (Å²) in [5.41, 5.74) is 6.98. The van der Waals surface area contributed by atoms with Gasteiger partial charge in [0.15, 0.2) is 0 Å². The summed E-state index contributed by atoms with van der Waals surface area (Å²) >= 11 is 0. The Kier molecular flexibility index (Phi) is 13.6. The molecule has 0 aliphatic heterocycles. The van der Waals surface area contributed by atoms with Gasteiger partial charge in [0.25, 0.3) is 0 Å². The van der Waals surface area contributed by atoms with Crippen molar-refractivity contribution in [2.45, 2.75) is 37.7 Å². The van der Waals surface area contributed by atoms with E-state index in [1.54, 1.807) is 0 Å². The van der Waals surface area contributed by atoms with E-state index >= 15 is 0 Å². The highest BCUT2D eigenvalue weighted by Crippen LogP contribution is 2.45. The van der Waals surface area contributed by atoms with Crippen molar-refractivity contribution in [1.82, 2.24) is 0 Å². The number of esters is 1. The fourth-order valence-corrected chi connectivity index (χ4v) is 4.75. The number of hydrogen-bond donors (Lipinski definition) is 3. The summed E-state index contributed by atoms with van der Waals surface area (Å²) in [4.78, 5) is 33.3. The van der Waals surface area contributed by atoms with Crippen molar-refractivity contribution >= 4 is 19.8 Å². The summed E-state index contributed by atoms with van der Waals surface area (Å²) in [5.74, 6) is 0.0639. The second kappa shape index (κ2) is 17.3. The van der Waals surface area contributed by atoms with Crippen molar-refractivity contribution in [3.8, 4) is 17.2 Å². The molecule has 3 rings (SSSR count). The lowest BCUT2D eigenvalue weighted by Crippen LogP contribution is -2.36. The van der Waals surface area contributed by atoms with Crippen LogP contribution in [0.1, 0.15) is 17.5 Å². The average molecular weight is 630 g/mol. The van der Waals surface area contributed by atoms with E-state index in [2.05, 4.69) is 11.1 Å². The van der Waals surface area contributed by atoms with E-state index in [9.17, 15) is 19.0 Å². The highest BCUT2D eigenvalue weighted by atomic mass is 31.2. The zero-order chi connectivity index (χ0) is 32.0. The van der Waals surface area contributed by atoms with Crippen LogP contribution in [0.4, 0.5) is 0 Å². The normalized spacial score (nSPS) is 14.4. The van der Waals surface area contributed by atoms with Crippen LogP contribution >= 0.6 is 7.82 Å². The molecule has 0 saturated heterocycles. The maximum absolute atomic E-state index is 12.6. The summed E-state index contributed by atoms with van der Waals surface area (Å²) in [6.45, 7) is 2.74. The van der Waals surface area contributed by atoms with Gasteiger partial charge in [-0.05, 0) is 47.9 Å². The van der Waals surface area contributed by atoms with E-state index in [1.807, 2.05) is 78.9 Å². The van der Waals surface area contributed by atoms with Crippen LogP contribution in [0.2, 0.25) is 0 Å². The summed E-state index contributed by atoms with van der Waals surface area (Å²) in [7, 11) is -3.44. The van der Waals surface area contributed by atoms with Gasteiger partial charge in [-0.25, -0.2) is 4.57 Å². The SMILES string of the molecule is C=CC(OP(=O)(O)OC[C@H](N)C(=O)O)C(COC(=O)CCc1ccccc1OCc1cccc(Oc2ccccc2)c1)OC. The van der Waals surface area contributed by atoms with Gasteiger partial charge in [-0.3, -0.25) is 18.6 Å². The second-order valence-electron chi connectivity index (χ2n) is 9.43. The molecule has 0 saturated carbocycles. The Morgan fingerprint density at radius 3 is 2.41 bits per heavy atom. The van der Waals surface area contributed by atoms with Crippen molar-refractivity contribution in [2.75, 3.05) is 20.3 Å². The first-order valence-corrected chi connectivity index (χ1v) is 15.1. The molecule has 3 aromatic carbocycles. The molecule has 0 bridgehead atoms. The van der Waals surface area contributed by atoms with Gasteiger partial charge in [0.2, 0.25) is 0 Å². The van der Waals surface area contributed by atoms with Crippen molar-refractivity contribution in [2.24, 2.45) is 5.73 Å². The number of para-hydroxylation sites is 2. The molecule has 4 atom stereocenters. The molecule has 44 heavy (non-hydrogen) atoms. The molecular weight excluding hydrogens is 593 g/mol. The molecule has 0 aliphatic carbocycles. The Morgan fingerprint density at radius 2 is 1.70 bits per heavy atom. The fourth-order valence-electron chi connectivity index (χ4n) is 3.81. The number of carboxylic acids is 1. The van der Waals surface area contributed by atoms with E-state index in [0.29, 0.717) is 17.9 Å². The summed E-state index contributed by atoms with van der Waals surface area (Å²) in [6.07, 6.45) is -0.718. The molecule has 0 heterocycles. The van der Waals surface area contributed by atoms with Gasteiger partial charge in [0.05, 0.1) is 6.61 Å². The van der Waals surface area contributed by atoms with Crippen LogP contribution < -0.4 is 15.2 Å². The number of methoxy groups -OCH3 is 1. The predicted molar refractivity (Wildman–Crippen MR) is 160 cm³/mol. The molecule has 0 spiro atoms. The van der Waals surface area contributed by atoms with Gasteiger partial charge in [0, 0.05) is 13.5 Å². The number of carbonyl (C=O) groups excluding carboxylic acids is 1. The highest BCUT2D eigenvalue weighted by molar-refractivity contribution is 7.47. The number of benzene rings is 3. The third-order valence-corrected chi connectivity index (χ3v) is 7.13. The number of ether oxygens (including phenoxy) is 4. The van der Waals surface area contributed by atoms with E-state index in [1.165, 1.54) is 13.2 Å². The molecule has 0 aromatic heterocycles. The number of aryl methyl sites for hydroxylation is 1. The molecule has 4 N–H and O–H groups in total. The standard InChI is InChI=1S/C31H36NO11P/c1-3-27(43-44(36,37)41-20-26(32)31(34)35)29(38-2)21-40-30(33)17-16-23-11-7-8-15-28(23)39-19-22-10-9-14-25(18-22)42-24-12-5-4-6-13-24/h3-15,18,26-27,29H,1,16-17,19-21,32H2,2H3,(H,34,35)(H,36,37)/t26-,27?,29?/m0/s1. The lowest BCUT2D eigenvalue weighted by Gasteiger charge is -2.25. The molecule has 0 aliphatic rings. The summed E-state index contributed by atoms with van der Waals surface area (Å²) in [6, 6.07) is 22.8. The van der Waals surface area contributed by atoms with E-state index in [4.69, 9.17) is 34.3 Å². The van der Waals surface area contributed by atoms with Crippen LogP contribution in [0.3, 0.4) is 0 Å². The van der Waals surface area contributed by atoms with Crippen molar-refractivity contribution in [3.05, 3.63) is 103 Å². The van der Waals surface area contributed by atoms with E-state index in [0.717, 1.165) is 16.9 Å². The highest BCUT2D eigenvalue weighted by Gasteiger charge is 2.32. The van der Waals surface area contributed by atoms with Crippen molar-refractivity contribution in [1.29, 1.82) is 0 Å². The first-order valence-electron chi connectivity index (χ1n) is 13.6.